The maximum absolute atomic E-state index is 14.0. The van der Waals surface area contributed by atoms with Gasteiger partial charge in [-0.2, -0.15) is 0 Å². The lowest BCUT2D eigenvalue weighted by molar-refractivity contribution is -0.119. The van der Waals surface area contributed by atoms with E-state index >= 15 is 0 Å². The standard InChI is InChI=1S/C32H45N3O2.2C7H8/c1-21(2)25-12-11-13-26(22(3)4)29(25)35(28(36)19-34-15-14-33-20-34)18-23-16-24(31(5,6)7)17-27(30(23)37)32(8,9)10;2*1-7-5-3-2-4-6-7/h11-17,20-22,37H,18-19H2,1-10H3;2*2-6H,1H3. The van der Waals surface area contributed by atoms with Crippen LogP contribution >= 0.6 is 0 Å². The Bertz CT molecular complexity index is 1730. The molecule has 0 atom stereocenters. The van der Waals surface area contributed by atoms with Crippen LogP contribution in [-0.2, 0) is 28.7 Å². The molecule has 4 aromatic carbocycles. The van der Waals surface area contributed by atoms with Gasteiger partial charge >= 0.3 is 0 Å². The van der Waals surface area contributed by atoms with Crippen molar-refractivity contribution in [3.63, 3.8) is 0 Å². The molecule has 0 fully saturated rings. The van der Waals surface area contributed by atoms with Crippen LogP contribution in [0.25, 0.3) is 0 Å². The molecular formula is C46H61N3O2. The maximum atomic E-state index is 14.0. The molecule has 1 N–H and O–H groups in total. The molecule has 5 heteroatoms. The summed E-state index contributed by atoms with van der Waals surface area (Å²) < 4.78 is 1.80. The Hall–Kier alpha value is -4.64. The Kier molecular flexibility index (Phi) is 14.4. The molecule has 0 aliphatic heterocycles. The first kappa shape index (κ1) is 40.8. The zero-order valence-corrected chi connectivity index (χ0v) is 33.2. The van der Waals surface area contributed by atoms with Gasteiger partial charge in [0.05, 0.1) is 18.6 Å². The van der Waals surface area contributed by atoms with Crippen LogP contribution < -0.4 is 4.90 Å². The highest BCUT2D eigenvalue weighted by molar-refractivity contribution is 5.95. The number of amides is 1. The van der Waals surface area contributed by atoms with Crippen molar-refractivity contribution < 1.29 is 9.90 Å². The third kappa shape index (κ3) is 12.0. The smallest absolute Gasteiger partial charge is 0.247 e. The van der Waals surface area contributed by atoms with Crippen molar-refractivity contribution in [2.45, 2.75) is 119 Å². The molecule has 0 bridgehead atoms. The summed E-state index contributed by atoms with van der Waals surface area (Å²) in [5.74, 6) is 0.703. The van der Waals surface area contributed by atoms with E-state index in [9.17, 15) is 9.90 Å². The molecule has 51 heavy (non-hydrogen) atoms. The average Bonchev–Trinajstić information content (AvgIpc) is 3.57. The summed E-state index contributed by atoms with van der Waals surface area (Å²) in [5.41, 5.74) is 8.33. The van der Waals surface area contributed by atoms with Crippen molar-refractivity contribution in [2.24, 2.45) is 0 Å². The van der Waals surface area contributed by atoms with Gasteiger partial charge in [-0.3, -0.25) is 4.79 Å². The van der Waals surface area contributed by atoms with Gasteiger partial charge in [-0.1, -0.05) is 165 Å². The van der Waals surface area contributed by atoms with Gasteiger partial charge in [0.1, 0.15) is 12.3 Å². The molecule has 0 saturated heterocycles. The fourth-order valence-corrected chi connectivity index (χ4v) is 5.80. The third-order valence-electron chi connectivity index (χ3n) is 8.86. The number of imidazole rings is 1. The number of phenolic OH excluding ortho intramolecular Hbond substituents is 1. The molecule has 5 rings (SSSR count). The Morgan fingerprint density at radius 1 is 0.745 bits per heavy atom. The Labute approximate surface area is 308 Å². The molecule has 5 aromatic rings. The van der Waals surface area contributed by atoms with Crippen LogP contribution in [0.4, 0.5) is 5.69 Å². The highest BCUT2D eigenvalue weighted by atomic mass is 16.3. The lowest BCUT2D eigenvalue weighted by Gasteiger charge is -2.32. The van der Waals surface area contributed by atoms with Crippen molar-refractivity contribution in [2.75, 3.05) is 4.90 Å². The first-order valence-corrected chi connectivity index (χ1v) is 18.2. The molecule has 0 unspecified atom stereocenters. The third-order valence-corrected chi connectivity index (χ3v) is 8.86. The molecule has 1 aromatic heterocycles. The van der Waals surface area contributed by atoms with Crippen LogP contribution in [0.1, 0.15) is 120 Å². The largest absolute Gasteiger partial charge is 0.507 e. The highest BCUT2D eigenvalue weighted by Crippen LogP contribution is 2.41. The van der Waals surface area contributed by atoms with Gasteiger partial charge in [0.15, 0.2) is 0 Å². The molecular weight excluding hydrogens is 627 g/mol. The molecule has 0 spiro atoms. The van der Waals surface area contributed by atoms with Crippen LogP contribution in [0.5, 0.6) is 5.75 Å². The number of hydrogen-bond acceptors (Lipinski definition) is 3. The number of aryl methyl sites for hydroxylation is 2. The summed E-state index contributed by atoms with van der Waals surface area (Å²) in [7, 11) is 0. The lowest BCUT2D eigenvalue weighted by Crippen LogP contribution is -2.35. The second kappa shape index (κ2) is 18.0. The minimum absolute atomic E-state index is 0.0362. The number of carbonyl (C=O) groups is 1. The number of aromatic nitrogens is 2. The molecule has 272 valence electrons. The van der Waals surface area contributed by atoms with Crippen molar-refractivity contribution in [3.8, 4) is 5.75 Å². The number of rotatable bonds is 7. The van der Waals surface area contributed by atoms with Gasteiger partial charge in [-0.05, 0) is 64.8 Å². The van der Waals surface area contributed by atoms with Crippen LogP contribution in [0, 0.1) is 13.8 Å². The number of para-hydroxylation sites is 1. The molecule has 5 nitrogen and oxygen atoms in total. The summed E-state index contributed by atoms with van der Waals surface area (Å²) in [6.07, 6.45) is 5.17. The first-order chi connectivity index (χ1) is 23.9. The topological polar surface area (TPSA) is 58.4 Å². The van der Waals surface area contributed by atoms with Crippen LogP contribution in [0.15, 0.2) is 110 Å². The molecule has 0 radical (unpaired) electrons. The maximum Gasteiger partial charge on any atom is 0.247 e. The minimum Gasteiger partial charge on any atom is -0.507 e. The summed E-state index contributed by atoms with van der Waals surface area (Å²) >= 11 is 0. The zero-order valence-electron chi connectivity index (χ0n) is 33.2. The van der Waals surface area contributed by atoms with Gasteiger partial charge < -0.3 is 14.6 Å². The normalized spacial score (nSPS) is 11.4. The van der Waals surface area contributed by atoms with Gasteiger partial charge in [-0.25, -0.2) is 4.98 Å². The van der Waals surface area contributed by atoms with E-state index in [-0.39, 0.29) is 47.4 Å². The Morgan fingerprint density at radius 2 is 1.25 bits per heavy atom. The van der Waals surface area contributed by atoms with E-state index in [1.165, 1.54) is 11.1 Å². The van der Waals surface area contributed by atoms with Crippen LogP contribution in [0.2, 0.25) is 0 Å². The Morgan fingerprint density at radius 3 is 1.63 bits per heavy atom. The van der Waals surface area contributed by atoms with Crippen molar-refractivity contribution in [1.82, 2.24) is 9.55 Å². The highest BCUT2D eigenvalue weighted by Gasteiger charge is 2.29. The summed E-state index contributed by atoms with van der Waals surface area (Å²) in [4.78, 5) is 20.0. The number of aromatic hydroxyl groups is 1. The molecule has 0 saturated carbocycles. The average molecular weight is 688 g/mol. The lowest BCUT2D eigenvalue weighted by atomic mass is 9.79. The second-order valence-corrected chi connectivity index (χ2v) is 16.2. The number of carbonyl (C=O) groups excluding carboxylic acids is 1. The minimum atomic E-state index is -0.245. The van der Waals surface area contributed by atoms with Crippen molar-refractivity contribution in [1.29, 1.82) is 0 Å². The SMILES string of the molecule is CC(C)c1cccc(C(C)C)c1N(Cc1cc(C(C)(C)C)cc(C(C)(C)C)c1O)C(=O)Cn1ccnc1.Cc1ccccc1.Cc1ccccc1. The van der Waals surface area contributed by atoms with Crippen molar-refractivity contribution >= 4 is 11.6 Å². The predicted molar refractivity (Wildman–Crippen MR) is 216 cm³/mol. The fourth-order valence-electron chi connectivity index (χ4n) is 5.80. The van der Waals surface area contributed by atoms with E-state index in [2.05, 4.69) is 143 Å². The van der Waals surface area contributed by atoms with Gasteiger partial charge in [0, 0.05) is 18.0 Å². The van der Waals surface area contributed by atoms with Gasteiger partial charge in [0.2, 0.25) is 5.91 Å². The molecule has 1 heterocycles. The zero-order chi connectivity index (χ0) is 37.9. The fraction of sp³-hybridized carbons (Fsp3) is 0.391. The summed E-state index contributed by atoms with van der Waals surface area (Å²) in [6.45, 7) is 26.2. The second-order valence-electron chi connectivity index (χ2n) is 16.2. The first-order valence-electron chi connectivity index (χ1n) is 18.2. The number of benzene rings is 4. The quantitative estimate of drug-likeness (QED) is 0.185. The van der Waals surface area contributed by atoms with Crippen molar-refractivity contribution in [3.05, 3.63) is 149 Å². The van der Waals surface area contributed by atoms with E-state index in [0.717, 1.165) is 33.5 Å². The van der Waals surface area contributed by atoms with Gasteiger partial charge in [0.25, 0.3) is 0 Å². The number of hydrogen-bond donors (Lipinski definition) is 1. The predicted octanol–water partition coefficient (Wildman–Crippen LogP) is 11.7. The van der Waals surface area contributed by atoms with Crippen LogP contribution in [0.3, 0.4) is 0 Å². The van der Waals surface area contributed by atoms with E-state index in [1.807, 2.05) is 47.5 Å². The molecule has 1 amide bonds. The molecule has 0 aliphatic rings. The van der Waals surface area contributed by atoms with E-state index in [4.69, 9.17) is 0 Å². The van der Waals surface area contributed by atoms with E-state index in [1.54, 1.807) is 17.1 Å². The summed E-state index contributed by atoms with van der Waals surface area (Å²) in [6, 6.07) is 31.1. The number of anilines is 1. The summed E-state index contributed by atoms with van der Waals surface area (Å²) in [5, 5.41) is 11.6. The Balaban J connectivity index is 0.000000411. The monoisotopic (exact) mass is 687 g/mol. The van der Waals surface area contributed by atoms with E-state index in [0.29, 0.717) is 0 Å². The molecule has 0 aliphatic carbocycles. The van der Waals surface area contributed by atoms with E-state index < -0.39 is 0 Å². The van der Waals surface area contributed by atoms with Crippen LogP contribution in [-0.4, -0.2) is 20.6 Å². The number of phenols is 1. The number of nitrogens with zero attached hydrogens (tertiary/aromatic N) is 3. The van der Waals surface area contributed by atoms with Gasteiger partial charge in [-0.15, -0.1) is 0 Å².